The quantitative estimate of drug-likeness (QED) is 0.643. The molecule has 2 aromatic rings. The van der Waals surface area contributed by atoms with Crippen molar-refractivity contribution in [3.63, 3.8) is 0 Å². The second-order valence-corrected chi connectivity index (χ2v) is 7.21. The van der Waals surface area contributed by atoms with Gasteiger partial charge in [-0.3, -0.25) is 9.78 Å². The standard InChI is InChI=1S/C20H22F3N3O2/c21-10-16(26-19(28)18(22)23)17(27)13-3-1-12(2-4-13)14-5-6-15(25-11-14)9-20(24)7-8-20/h1-6,11,16-18,27H,7-10,24H2,(H,26,28). The second-order valence-electron chi connectivity index (χ2n) is 7.21. The Kier molecular flexibility index (Phi) is 6.00. The Morgan fingerprint density at radius 2 is 1.82 bits per heavy atom. The molecular weight excluding hydrogens is 371 g/mol. The van der Waals surface area contributed by atoms with Gasteiger partial charge in [-0.25, -0.2) is 4.39 Å². The number of aromatic nitrogens is 1. The molecule has 0 bridgehead atoms. The van der Waals surface area contributed by atoms with E-state index in [1.54, 1.807) is 35.8 Å². The maximum atomic E-state index is 13.1. The molecule has 1 amide bonds. The van der Waals surface area contributed by atoms with E-state index in [9.17, 15) is 23.1 Å². The molecule has 1 saturated carbocycles. The van der Waals surface area contributed by atoms with Gasteiger partial charge in [0.15, 0.2) is 0 Å². The molecule has 3 rings (SSSR count). The van der Waals surface area contributed by atoms with Gasteiger partial charge in [-0.05, 0) is 30.0 Å². The van der Waals surface area contributed by atoms with Crippen LogP contribution in [0.3, 0.4) is 0 Å². The molecule has 8 heteroatoms. The summed E-state index contributed by atoms with van der Waals surface area (Å²) in [6, 6.07) is 8.94. The first-order chi connectivity index (χ1) is 13.3. The van der Waals surface area contributed by atoms with E-state index < -0.39 is 31.2 Å². The lowest BCUT2D eigenvalue weighted by atomic mass is 9.99. The summed E-state index contributed by atoms with van der Waals surface area (Å²) in [5.41, 5.74) is 8.91. The van der Waals surface area contributed by atoms with Crippen molar-refractivity contribution in [2.24, 2.45) is 5.73 Å². The number of aliphatic hydroxyl groups excluding tert-OH is 1. The van der Waals surface area contributed by atoms with E-state index in [1.165, 1.54) is 0 Å². The van der Waals surface area contributed by atoms with Gasteiger partial charge in [0, 0.05) is 29.4 Å². The van der Waals surface area contributed by atoms with Crippen molar-refractivity contribution in [1.82, 2.24) is 10.3 Å². The fourth-order valence-electron chi connectivity index (χ4n) is 2.95. The monoisotopic (exact) mass is 393 g/mol. The molecule has 4 N–H and O–H groups in total. The average molecular weight is 393 g/mol. The minimum absolute atomic E-state index is 0.112. The summed E-state index contributed by atoms with van der Waals surface area (Å²) in [6.45, 7) is -1.17. The third-order valence-corrected chi connectivity index (χ3v) is 4.91. The minimum atomic E-state index is -3.27. The number of nitrogens with zero attached hydrogens (tertiary/aromatic N) is 1. The Labute approximate surface area is 160 Å². The first-order valence-electron chi connectivity index (χ1n) is 8.98. The average Bonchev–Trinajstić information content (AvgIpc) is 3.42. The predicted octanol–water partition coefficient (Wildman–Crippen LogP) is 2.54. The molecule has 5 nitrogen and oxygen atoms in total. The summed E-state index contributed by atoms with van der Waals surface area (Å²) in [4.78, 5) is 15.5. The Morgan fingerprint density at radius 3 is 2.32 bits per heavy atom. The molecule has 0 radical (unpaired) electrons. The summed E-state index contributed by atoms with van der Waals surface area (Å²) in [5, 5.41) is 12.0. The van der Waals surface area contributed by atoms with Crippen molar-refractivity contribution in [2.75, 3.05) is 6.67 Å². The van der Waals surface area contributed by atoms with Gasteiger partial charge in [0.25, 0.3) is 5.91 Å². The van der Waals surface area contributed by atoms with E-state index >= 15 is 0 Å². The third-order valence-electron chi connectivity index (χ3n) is 4.91. The molecule has 0 aliphatic heterocycles. The van der Waals surface area contributed by atoms with Gasteiger partial charge in [-0.15, -0.1) is 0 Å². The van der Waals surface area contributed by atoms with Gasteiger partial charge < -0.3 is 16.2 Å². The van der Waals surface area contributed by atoms with E-state index in [0.717, 1.165) is 36.1 Å². The summed E-state index contributed by atoms with van der Waals surface area (Å²) in [5.74, 6) is -1.62. The second kappa shape index (κ2) is 8.28. The Bertz CT molecular complexity index is 808. The lowest BCUT2D eigenvalue weighted by Crippen LogP contribution is -2.43. The van der Waals surface area contributed by atoms with Crippen LogP contribution in [0.4, 0.5) is 13.2 Å². The van der Waals surface area contributed by atoms with E-state index in [2.05, 4.69) is 4.98 Å². The number of hydrogen-bond donors (Lipinski definition) is 3. The van der Waals surface area contributed by atoms with Crippen LogP contribution in [0.15, 0.2) is 42.6 Å². The van der Waals surface area contributed by atoms with Crippen molar-refractivity contribution >= 4 is 5.91 Å². The first-order valence-corrected chi connectivity index (χ1v) is 8.98. The number of hydrogen-bond acceptors (Lipinski definition) is 4. The van der Waals surface area contributed by atoms with Crippen molar-refractivity contribution < 1.29 is 23.1 Å². The molecule has 1 fully saturated rings. The van der Waals surface area contributed by atoms with Crippen LogP contribution in [0, 0.1) is 0 Å². The largest absolute Gasteiger partial charge is 0.386 e. The molecule has 1 aromatic carbocycles. The van der Waals surface area contributed by atoms with Crippen molar-refractivity contribution in [3.05, 3.63) is 53.9 Å². The molecule has 1 aliphatic carbocycles. The number of alkyl halides is 3. The minimum Gasteiger partial charge on any atom is -0.386 e. The van der Waals surface area contributed by atoms with Crippen LogP contribution in [-0.4, -0.2) is 40.7 Å². The number of halogens is 3. The zero-order valence-electron chi connectivity index (χ0n) is 15.1. The molecule has 28 heavy (non-hydrogen) atoms. The number of carbonyl (C=O) groups is 1. The Balaban J connectivity index is 1.67. The van der Waals surface area contributed by atoms with Crippen molar-refractivity contribution in [2.45, 2.75) is 43.4 Å². The van der Waals surface area contributed by atoms with Gasteiger partial charge in [-0.1, -0.05) is 30.3 Å². The lowest BCUT2D eigenvalue weighted by Gasteiger charge is -2.22. The molecule has 1 heterocycles. The Hall–Kier alpha value is -2.45. The third kappa shape index (κ3) is 4.88. The van der Waals surface area contributed by atoms with Crippen LogP contribution in [0.1, 0.15) is 30.2 Å². The van der Waals surface area contributed by atoms with Gasteiger partial charge in [0.2, 0.25) is 0 Å². The number of amides is 1. The molecule has 1 aliphatic rings. The SMILES string of the molecule is NC1(Cc2ccc(-c3ccc(C(O)C(CF)NC(=O)C(F)F)cc3)cn2)CC1. The molecule has 0 spiro atoms. The zero-order chi connectivity index (χ0) is 20.3. The maximum Gasteiger partial charge on any atom is 0.315 e. The summed E-state index contributed by atoms with van der Waals surface area (Å²) >= 11 is 0. The molecule has 1 aromatic heterocycles. The lowest BCUT2D eigenvalue weighted by molar-refractivity contribution is -0.133. The normalized spacial score (nSPS) is 17.2. The molecule has 0 saturated heterocycles. The number of benzene rings is 1. The number of nitrogens with two attached hydrogens (primary N) is 1. The van der Waals surface area contributed by atoms with E-state index in [-0.39, 0.29) is 5.54 Å². The topological polar surface area (TPSA) is 88.2 Å². The van der Waals surface area contributed by atoms with Gasteiger partial charge >= 0.3 is 6.43 Å². The summed E-state index contributed by atoms with van der Waals surface area (Å²) < 4.78 is 37.7. The smallest absolute Gasteiger partial charge is 0.315 e. The highest BCUT2D eigenvalue weighted by molar-refractivity contribution is 5.79. The van der Waals surface area contributed by atoms with E-state index in [0.29, 0.717) is 5.56 Å². The Morgan fingerprint density at radius 1 is 1.18 bits per heavy atom. The molecule has 2 unspecified atom stereocenters. The van der Waals surface area contributed by atoms with Gasteiger partial charge in [-0.2, -0.15) is 8.78 Å². The predicted molar refractivity (Wildman–Crippen MR) is 98.4 cm³/mol. The molecular formula is C20H22F3N3O2. The number of nitrogens with one attached hydrogen (secondary N) is 1. The number of rotatable bonds is 8. The highest BCUT2D eigenvalue weighted by Gasteiger charge is 2.38. The van der Waals surface area contributed by atoms with E-state index in [4.69, 9.17) is 5.73 Å². The zero-order valence-corrected chi connectivity index (χ0v) is 15.1. The van der Waals surface area contributed by atoms with E-state index in [1.807, 2.05) is 12.1 Å². The van der Waals surface area contributed by atoms with Crippen molar-refractivity contribution in [3.8, 4) is 11.1 Å². The van der Waals surface area contributed by atoms with Crippen LogP contribution in [0.2, 0.25) is 0 Å². The van der Waals surface area contributed by atoms with Crippen LogP contribution >= 0.6 is 0 Å². The number of pyridine rings is 1. The van der Waals surface area contributed by atoms with Crippen molar-refractivity contribution in [1.29, 1.82) is 0 Å². The number of aliphatic hydroxyl groups is 1. The highest BCUT2D eigenvalue weighted by Crippen LogP contribution is 2.35. The maximum absolute atomic E-state index is 13.1. The summed E-state index contributed by atoms with van der Waals surface area (Å²) in [6.07, 6.45) is -0.210. The van der Waals surface area contributed by atoms with Gasteiger partial charge in [0.05, 0.1) is 6.04 Å². The van der Waals surface area contributed by atoms with Crippen LogP contribution in [0.25, 0.3) is 11.1 Å². The van der Waals surface area contributed by atoms with Crippen LogP contribution in [0.5, 0.6) is 0 Å². The number of carbonyl (C=O) groups excluding carboxylic acids is 1. The van der Waals surface area contributed by atoms with Crippen LogP contribution in [-0.2, 0) is 11.2 Å². The highest BCUT2D eigenvalue weighted by atomic mass is 19.3. The van der Waals surface area contributed by atoms with Gasteiger partial charge in [0.1, 0.15) is 12.8 Å². The molecule has 2 atom stereocenters. The van der Waals surface area contributed by atoms with Crippen LogP contribution < -0.4 is 11.1 Å². The fourth-order valence-corrected chi connectivity index (χ4v) is 2.95. The first kappa shape index (κ1) is 20.3. The summed E-state index contributed by atoms with van der Waals surface area (Å²) in [7, 11) is 0. The fraction of sp³-hybridized carbons (Fsp3) is 0.400. The molecule has 150 valence electrons.